The topological polar surface area (TPSA) is 132 Å². The molecule has 246 valence electrons. The quantitative estimate of drug-likeness (QED) is 0.162. The highest BCUT2D eigenvalue weighted by atomic mass is 32.2. The number of amides is 2. The van der Waals surface area contributed by atoms with Gasteiger partial charge >= 0.3 is 5.97 Å². The summed E-state index contributed by atoms with van der Waals surface area (Å²) in [4.78, 5) is 53.6. The summed E-state index contributed by atoms with van der Waals surface area (Å²) >= 11 is 1.59. The lowest BCUT2D eigenvalue weighted by Crippen LogP contribution is -2.45. The summed E-state index contributed by atoms with van der Waals surface area (Å²) in [5.74, 6) is -1.39. The number of anilines is 1. The first-order valence-electron chi connectivity index (χ1n) is 15.4. The molecule has 0 unspecified atom stereocenters. The van der Waals surface area contributed by atoms with E-state index in [2.05, 4.69) is 14.8 Å². The highest BCUT2D eigenvalue weighted by Gasteiger charge is 2.37. The molecule has 0 spiro atoms. The average Bonchev–Trinajstić information content (AvgIpc) is 3.36. The maximum Gasteiger partial charge on any atom is 0.306 e. The number of piperidine rings is 1. The van der Waals surface area contributed by atoms with Crippen molar-refractivity contribution >= 4 is 40.9 Å². The fourth-order valence-electron chi connectivity index (χ4n) is 5.64. The van der Waals surface area contributed by atoms with E-state index in [1.54, 1.807) is 75.3 Å². The van der Waals surface area contributed by atoms with Crippen LogP contribution in [-0.2, 0) is 27.5 Å². The van der Waals surface area contributed by atoms with Gasteiger partial charge in [0.15, 0.2) is 10.8 Å². The third-order valence-corrected chi connectivity index (χ3v) is 9.12. The van der Waals surface area contributed by atoms with Gasteiger partial charge in [0, 0.05) is 53.8 Å². The maximum atomic E-state index is 14.5. The molecule has 1 saturated heterocycles. The number of thioether (sulfide) groups is 1. The van der Waals surface area contributed by atoms with Crippen molar-refractivity contribution in [2.75, 3.05) is 18.0 Å². The highest BCUT2D eigenvalue weighted by molar-refractivity contribution is 7.99. The predicted molar refractivity (Wildman–Crippen MR) is 174 cm³/mol. The number of carbonyl (C=O) groups excluding carboxylic acids is 3. The molecule has 3 heterocycles. The van der Waals surface area contributed by atoms with Gasteiger partial charge in [-0.15, -0.1) is 0 Å². The largest absolute Gasteiger partial charge is 0.488 e. The van der Waals surface area contributed by atoms with Crippen molar-refractivity contribution in [2.24, 2.45) is 5.73 Å². The highest BCUT2D eigenvalue weighted by Crippen LogP contribution is 2.34. The molecule has 0 saturated carbocycles. The number of hydrogen-bond donors (Lipinski definition) is 1. The molecule has 1 fully saturated rings. The number of halogens is 1. The monoisotopic (exact) mass is 660 g/mol. The Morgan fingerprint density at radius 1 is 1.17 bits per heavy atom. The van der Waals surface area contributed by atoms with E-state index in [0.717, 1.165) is 18.4 Å². The molecule has 0 aliphatic carbocycles. The van der Waals surface area contributed by atoms with E-state index in [0.29, 0.717) is 51.7 Å². The van der Waals surface area contributed by atoms with Crippen molar-refractivity contribution in [2.45, 2.75) is 81.7 Å². The Morgan fingerprint density at radius 2 is 1.89 bits per heavy atom. The maximum absolute atomic E-state index is 14.5. The first-order valence-corrected chi connectivity index (χ1v) is 16.3. The summed E-state index contributed by atoms with van der Waals surface area (Å²) in [7, 11) is 0. The standard InChI is InChI=1S/C34H37FN6O5S/c1-34(2,3)46-30(42)11-10-28(31(36)43)41-19-25-24(32(41)44)6-5-7-29(25)45-20-21-17-38-33(39-18-21)47-23-12-14-40(15-13-23)27-9-8-22(37-4)16-26(27)35/h5-9,16-18,23,28H,10-15,19-20H2,1-3H3,(H2,36,43)/t28-/m0/s1. The molecule has 1 aromatic heterocycles. The predicted octanol–water partition coefficient (Wildman–Crippen LogP) is 5.44. The lowest BCUT2D eigenvalue weighted by molar-refractivity contribution is -0.155. The number of nitrogens with two attached hydrogens (primary N) is 1. The second-order valence-corrected chi connectivity index (χ2v) is 13.7. The van der Waals surface area contributed by atoms with Crippen LogP contribution in [0.1, 0.15) is 67.9 Å². The fraction of sp³-hybridized carbons (Fsp3) is 0.412. The van der Waals surface area contributed by atoms with Crippen molar-refractivity contribution in [3.05, 3.63) is 82.7 Å². The van der Waals surface area contributed by atoms with E-state index in [9.17, 15) is 18.8 Å². The van der Waals surface area contributed by atoms with Crippen LogP contribution in [0.4, 0.5) is 15.8 Å². The first-order chi connectivity index (χ1) is 22.4. The molecule has 2 amide bonds. The van der Waals surface area contributed by atoms with Crippen molar-refractivity contribution in [3.8, 4) is 5.75 Å². The van der Waals surface area contributed by atoms with Gasteiger partial charge in [0.05, 0.1) is 18.8 Å². The normalized spacial score (nSPS) is 15.6. The minimum absolute atomic E-state index is 0.0531. The number of aromatic nitrogens is 2. The third-order valence-electron chi connectivity index (χ3n) is 7.89. The lowest BCUT2D eigenvalue weighted by Gasteiger charge is -2.33. The third kappa shape index (κ3) is 8.37. The number of fused-ring (bicyclic) bond motifs is 1. The molecule has 2 aromatic carbocycles. The Kier molecular flexibility index (Phi) is 10.3. The van der Waals surface area contributed by atoms with Gasteiger partial charge in [-0.25, -0.2) is 19.2 Å². The van der Waals surface area contributed by atoms with Gasteiger partial charge in [-0.2, -0.15) is 0 Å². The molecule has 11 nitrogen and oxygen atoms in total. The van der Waals surface area contributed by atoms with Crippen molar-refractivity contribution < 1.29 is 28.2 Å². The molecule has 2 aliphatic heterocycles. The number of primary amides is 1. The van der Waals surface area contributed by atoms with Crippen LogP contribution >= 0.6 is 11.8 Å². The first kappa shape index (κ1) is 33.7. The van der Waals surface area contributed by atoms with Gasteiger partial charge in [-0.3, -0.25) is 14.4 Å². The van der Waals surface area contributed by atoms with Gasteiger partial charge in [-0.1, -0.05) is 23.9 Å². The SMILES string of the molecule is [C-]#[N+]c1ccc(N2CCC(Sc3ncc(COc4cccc5c4CN([C@@H](CCC(=O)OC(C)(C)C)C(N)=O)C5=O)cn3)CC2)c(F)c1. The molecule has 3 aromatic rings. The zero-order valence-electron chi connectivity index (χ0n) is 26.6. The van der Waals surface area contributed by atoms with E-state index in [1.807, 2.05) is 4.90 Å². The Hall–Kier alpha value is -4.70. The summed E-state index contributed by atoms with van der Waals surface area (Å²) in [6, 6.07) is 8.77. The van der Waals surface area contributed by atoms with Crippen LogP contribution in [0.3, 0.4) is 0 Å². The summed E-state index contributed by atoms with van der Waals surface area (Å²) in [6.45, 7) is 14.0. The molecule has 5 rings (SSSR count). The van der Waals surface area contributed by atoms with Crippen LogP contribution in [0.2, 0.25) is 0 Å². The van der Waals surface area contributed by atoms with Crippen molar-refractivity contribution in [3.63, 3.8) is 0 Å². The molecule has 2 N–H and O–H groups in total. The second kappa shape index (κ2) is 14.4. The van der Waals surface area contributed by atoms with Crippen molar-refractivity contribution in [1.82, 2.24) is 14.9 Å². The molecular weight excluding hydrogens is 623 g/mol. The summed E-state index contributed by atoms with van der Waals surface area (Å²) in [5.41, 5.74) is 7.62. The number of nitrogens with zero attached hydrogens (tertiary/aromatic N) is 5. The zero-order chi connectivity index (χ0) is 33.7. The van der Waals surface area contributed by atoms with E-state index in [-0.39, 0.29) is 37.7 Å². The van der Waals surface area contributed by atoms with Gasteiger partial charge in [-0.05, 0) is 64.3 Å². The minimum Gasteiger partial charge on any atom is -0.488 e. The van der Waals surface area contributed by atoms with Crippen LogP contribution in [-0.4, -0.2) is 62.6 Å². The van der Waals surface area contributed by atoms with E-state index < -0.39 is 23.5 Å². The Balaban J connectivity index is 1.14. The summed E-state index contributed by atoms with van der Waals surface area (Å²) in [5, 5.41) is 0.935. The van der Waals surface area contributed by atoms with Crippen molar-refractivity contribution in [1.29, 1.82) is 0 Å². The smallest absolute Gasteiger partial charge is 0.306 e. The Labute approximate surface area is 277 Å². The van der Waals surface area contributed by atoms with Gasteiger partial charge in [0.1, 0.15) is 29.8 Å². The average molecular weight is 661 g/mol. The number of esters is 1. The molecule has 1 atom stereocenters. The fourth-order valence-corrected chi connectivity index (χ4v) is 6.61. The number of carbonyl (C=O) groups is 3. The number of benzene rings is 2. The minimum atomic E-state index is -0.973. The van der Waals surface area contributed by atoms with Crippen LogP contribution in [0.5, 0.6) is 5.75 Å². The number of hydrogen-bond acceptors (Lipinski definition) is 9. The number of rotatable bonds is 11. The van der Waals surface area contributed by atoms with Crippen LogP contribution in [0.15, 0.2) is 53.9 Å². The molecule has 0 bridgehead atoms. The van der Waals surface area contributed by atoms with Crippen LogP contribution in [0, 0.1) is 12.4 Å². The Bertz CT molecular complexity index is 1680. The second-order valence-electron chi connectivity index (χ2n) is 12.5. The van der Waals surface area contributed by atoms with E-state index in [4.69, 9.17) is 21.8 Å². The lowest BCUT2D eigenvalue weighted by atomic mass is 10.1. The summed E-state index contributed by atoms with van der Waals surface area (Å²) in [6.07, 6.45) is 5.10. The van der Waals surface area contributed by atoms with Gasteiger partial charge < -0.3 is 25.0 Å². The van der Waals surface area contributed by atoms with E-state index >= 15 is 0 Å². The molecule has 13 heteroatoms. The molecule has 47 heavy (non-hydrogen) atoms. The Morgan fingerprint density at radius 3 is 2.53 bits per heavy atom. The van der Waals surface area contributed by atoms with Gasteiger partial charge in [0.25, 0.3) is 5.91 Å². The van der Waals surface area contributed by atoms with Crippen LogP contribution in [0.25, 0.3) is 4.85 Å². The van der Waals surface area contributed by atoms with Crippen LogP contribution < -0.4 is 15.4 Å². The zero-order valence-corrected chi connectivity index (χ0v) is 27.4. The van der Waals surface area contributed by atoms with Gasteiger partial charge in [0.2, 0.25) is 5.91 Å². The van der Waals surface area contributed by atoms with E-state index in [1.165, 1.54) is 11.0 Å². The molecule has 2 aliphatic rings. The molecule has 0 radical (unpaired) electrons. The number of ether oxygens (including phenoxy) is 2. The molecular formula is C34H37FN6O5S. The summed E-state index contributed by atoms with van der Waals surface area (Å²) < 4.78 is 25.9.